The van der Waals surface area contributed by atoms with E-state index in [1.54, 1.807) is 17.6 Å². The number of benzene rings is 1. The first-order valence-corrected chi connectivity index (χ1v) is 7.01. The minimum atomic E-state index is 0.802. The van der Waals surface area contributed by atoms with Crippen LogP contribution in [0.15, 0.2) is 46.4 Å². The number of nitrogens with zero attached hydrogens (tertiary/aromatic N) is 2. The molecular formula is C15H17N3S. The molecule has 0 saturated heterocycles. The molecule has 98 valence electrons. The van der Waals surface area contributed by atoms with Gasteiger partial charge in [-0.25, -0.2) is 4.98 Å². The monoisotopic (exact) mass is 271 g/mol. The summed E-state index contributed by atoms with van der Waals surface area (Å²) >= 11 is 1.55. The van der Waals surface area contributed by atoms with Crippen LogP contribution < -0.4 is 5.43 Å². The Labute approximate surface area is 117 Å². The van der Waals surface area contributed by atoms with Gasteiger partial charge in [-0.3, -0.25) is 5.43 Å². The second kappa shape index (κ2) is 6.29. The van der Waals surface area contributed by atoms with E-state index in [2.05, 4.69) is 46.7 Å². The quantitative estimate of drug-likeness (QED) is 0.657. The molecule has 3 nitrogen and oxygen atoms in total. The number of allylic oxidation sites excluding steroid dienone is 2. The molecule has 0 saturated carbocycles. The van der Waals surface area contributed by atoms with Crippen LogP contribution >= 0.6 is 11.3 Å². The Hall–Kier alpha value is -1.94. The van der Waals surface area contributed by atoms with Gasteiger partial charge in [0.15, 0.2) is 0 Å². The molecule has 4 heteroatoms. The molecule has 1 heterocycles. The second-order valence-electron chi connectivity index (χ2n) is 4.31. The van der Waals surface area contributed by atoms with Crippen LogP contribution in [0, 0.1) is 6.92 Å². The van der Waals surface area contributed by atoms with Gasteiger partial charge in [-0.15, -0.1) is 11.3 Å². The van der Waals surface area contributed by atoms with Crippen LogP contribution in [0.25, 0.3) is 11.3 Å². The molecule has 2 aromatic rings. The maximum atomic E-state index is 4.51. The number of hydrazone groups is 1. The van der Waals surface area contributed by atoms with Crippen LogP contribution in [0.4, 0.5) is 5.13 Å². The number of nitrogens with one attached hydrogen (secondary N) is 1. The minimum Gasteiger partial charge on any atom is -0.253 e. The summed E-state index contributed by atoms with van der Waals surface area (Å²) < 4.78 is 0. The van der Waals surface area contributed by atoms with Crippen molar-refractivity contribution in [1.29, 1.82) is 0 Å². The molecule has 0 aliphatic rings. The fraction of sp³-hybridized carbons (Fsp3) is 0.200. The molecule has 1 aromatic carbocycles. The first kappa shape index (κ1) is 13.5. The largest absolute Gasteiger partial charge is 0.253 e. The third-order valence-corrected chi connectivity index (χ3v) is 3.48. The van der Waals surface area contributed by atoms with Crippen molar-refractivity contribution in [1.82, 2.24) is 4.98 Å². The summed E-state index contributed by atoms with van der Waals surface area (Å²) in [5, 5.41) is 6.97. The fourth-order valence-corrected chi connectivity index (χ4v) is 2.11. The molecule has 0 unspecified atom stereocenters. The summed E-state index contributed by atoms with van der Waals surface area (Å²) in [6.45, 7) is 6.07. The predicted octanol–water partition coefficient (Wildman–Crippen LogP) is 4.48. The van der Waals surface area contributed by atoms with Crippen LogP contribution in [0.3, 0.4) is 0 Å². The van der Waals surface area contributed by atoms with E-state index < -0.39 is 0 Å². The van der Waals surface area contributed by atoms with Crippen LogP contribution in [-0.2, 0) is 0 Å². The molecule has 19 heavy (non-hydrogen) atoms. The molecule has 0 aliphatic heterocycles. The maximum Gasteiger partial charge on any atom is 0.203 e. The Kier molecular flexibility index (Phi) is 4.47. The molecule has 0 amide bonds. The summed E-state index contributed by atoms with van der Waals surface area (Å²) in [4.78, 5) is 4.51. The van der Waals surface area contributed by atoms with E-state index in [0.29, 0.717) is 0 Å². The van der Waals surface area contributed by atoms with E-state index in [1.807, 2.05) is 25.3 Å². The average molecular weight is 271 g/mol. The number of aromatic nitrogens is 1. The normalized spacial score (nSPS) is 12.1. The third-order valence-electron chi connectivity index (χ3n) is 2.74. The van der Waals surface area contributed by atoms with Gasteiger partial charge in [0.1, 0.15) is 0 Å². The number of hydrogen-bond donors (Lipinski definition) is 1. The zero-order valence-electron chi connectivity index (χ0n) is 11.3. The lowest BCUT2D eigenvalue weighted by molar-refractivity contribution is 1.28. The van der Waals surface area contributed by atoms with E-state index in [9.17, 15) is 0 Å². The lowest BCUT2D eigenvalue weighted by Gasteiger charge is -1.97. The Balaban J connectivity index is 2.07. The van der Waals surface area contributed by atoms with Crippen LogP contribution in [-0.4, -0.2) is 11.2 Å². The Morgan fingerprint density at radius 3 is 2.74 bits per heavy atom. The van der Waals surface area contributed by atoms with Gasteiger partial charge in [-0.1, -0.05) is 35.9 Å². The molecular weight excluding hydrogens is 254 g/mol. The number of anilines is 1. The standard InChI is InChI=1S/C15H17N3S/c1-4-11(2)9-16-18-15-17-14(10-19-15)13-7-5-12(3)6-8-13/h4-10H,1-3H3,(H,17,18)/b11-4+,16-9+. The number of hydrogen-bond acceptors (Lipinski definition) is 4. The highest BCUT2D eigenvalue weighted by molar-refractivity contribution is 7.14. The molecule has 1 N–H and O–H groups in total. The van der Waals surface area contributed by atoms with E-state index in [1.165, 1.54) is 5.56 Å². The van der Waals surface area contributed by atoms with E-state index >= 15 is 0 Å². The zero-order valence-corrected chi connectivity index (χ0v) is 12.2. The highest BCUT2D eigenvalue weighted by Gasteiger charge is 2.03. The topological polar surface area (TPSA) is 37.3 Å². The number of rotatable bonds is 4. The summed E-state index contributed by atoms with van der Waals surface area (Å²) in [5.41, 5.74) is 7.42. The highest BCUT2D eigenvalue weighted by atomic mass is 32.1. The lowest BCUT2D eigenvalue weighted by atomic mass is 10.1. The Morgan fingerprint density at radius 1 is 1.32 bits per heavy atom. The van der Waals surface area contributed by atoms with Gasteiger partial charge >= 0.3 is 0 Å². The van der Waals surface area contributed by atoms with Crippen molar-refractivity contribution in [2.75, 3.05) is 5.43 Å². The summed E-state index contributed by atoms with van der Waals surface area (Å²) in [6.07, 6.45) is 3.79. The van der Waals surface area contributed by atoms with Crippen LogP contribution in [0.5, 0.6) is 0 Å². The smallest absolute Gasteiger partial charge is 0.203 e. The van der Waals surface area contributed by atoms with E-state index in [4.69, 9.17) is 0 Å². The second-order valence-corrected chi connectivity index (χ2v) is 5.16. The van der Waals surface area contributed by atoms with Gasteiger partial charge in [-0.2, -0.15) is 5.10 Å². The Morgan fingerprint density at radius 2 is 2.05 bits per heavy atom. The van der Waals surface area contributed by atoms with Crippen LogP contribution in [0.2, 0.25) is 0 Å². The average Bonchev–Trinajstić information content (AvgIpc) is 2.88. The van der Waals surface area contributed by atoms with E-state index in [-0.39, 0.29) is 0 Å². The summed E-state index contributed by atoms with van der Waals surface area (Å²) in [7, 11) is 0. The minimum absolute atomic E-state index is 0.802. The maximum absolute atomic E-state index is 4.51. The van der Waals surface area contributed by atoms with Gasteiger partial charge in [-0.05, 0) is 26.3 Å². The van der Waals surface area contributed by atoms with Crippen molar-refractivity contribution in [3.8, 4) is 11.3 Å². The van der Waals surface area contributed by atoms with Crippen molar-refractivity contribution in [2.24, 2.45) is 5.10 Å². The van der Waals surface area contributed by atoms with Gasteiger partial charge < -0.3 is 0 Å². The Bertz CT molecular complexity index is 594. The fourth-order valence-electron chi connectivity index (χ4n) is 1.45. The molecule has 0 aliphatic carbocycles. The van der Waals surface area contributed by atoms with E-state index in [0.717, 1.165) is 22.0 Å². The number of thiazole rings is 1. The van der Waals surface area contributed by atoms with Crippen molar-refractivity contribution < 1.29 is 0 Å². The molecule has 2 rings (SSSR count). The highest BCUT2D eigenvalue weighted by Crippen LogP contribution is 2.24. The lowest BCUT2D eigenvalue weighted by Crippen LogP contribution is -1.89. The molecule has 0 bridgehead atoms. The van der Waals surface area contributed by atoms with Gasteiger partial charge in [0.25, 0.3) is 0 Å². The van der Waals surface area contributed by atoms with Crippen LogP contribution in [0.1, 0.15) is 19.4 Å². The predicted molar refractivity (Wildman–Crippen MR) is 83.8 cm³/mol. The molecule has 0 fully saturated rings. The first-order chi connectivity index (χ1) is 9.19. The van der Waals surface area contributed by atoms with Gasteiger partial charge in [0.05, 0.1) is 5.69 Å². The molecule has 0 atom stereocenters. The van der Waals surface area contributed by atoms with Crippen molar-refractivity contribution in [3.63, 3.8) is 0 Å². The SMILES string of the molecule is C/C=C(C)/C=N/Nc1nc(-c2ccc(C)cc2)cs1. The number of aryl methyl sites for hydroxylation is 1. The molecule has 1 aromatic heterocycles. The van der Waals surface area contributed by atoms with Crippen molar-refractivity contribution >= 4 is 22.7 Å². The van der Waals surface area contributed by atoms with Crippen molar-refractivity contribution in [2.45, 2.75) is 20.8 Å². The molecule has 0 spiro atoms. The summed E-state index contributed by atoms with van der Waals surface area (Å²) in [5.74, 6) is 0. The van der Waals surface area contributed by atoms with Gasteiger partial charge in [0, 0.05) is 17.2 Å². The zero-order chi connectivity index (χ0) is 13.7. The third kappa shape index (κ3) is 3.76. The first-order valence-electron chi connectivity index (χ1n) is 6.13. The van der Waals surface area contributed by atoms with Crippen molar-refractivity contribution in [3.05, 3.63) is 46.9 Å². The van der Waals surface area contributed by atoms with Gasteiger partial charge in [0.2, 0.25) is 5.13 Å². The summed E-state index contributed by atoms with van der Waals surface area (Å²) in [6, 6.07) is 8.35. The molecule has 0 radical (unpaired) electrons.